The number of hydrogen-bond donors (Lipinski definition) is 2. The van der Waals surface area contributed by atoms with E-state index in [0.29, 0.717) is 11.6 Å². The van der Waals surface area contributed by atoms with Gasteiger partial charge in [-0.3, -0.25) is 4.79 Å². The lowest BCUT2D eigenvalue weighted by molar-refractivity contribution is -0.118. The summed E-state index contributed by atoms with van der Waals surface area (Å²) in [5.41, 5.74) is 0.939. The number of ether oxygens (including phenoxy) is 1. The molecule has 6 nitrogen and oxygen atoms in total. The van der Waals surface area contributed by atoms with Gasteiger partial charge in [-0.2, -0.15) is 0 Å². The molecule has 1 atom stereocenters. The fourth-order valence-corrected chi connectivity index (χ4v) is 2.53. The smallest absolute Gasteiger partial charge is 0.407 e. The van der Waals surface area contributed by atoms with Crippen molar-refractivity contribution in [3.05, 3.63) is 47.0 Å². The van der Waals surface area contributed by atoms with Gasteiger partial charge in [-0.15, -0.1) is 11.3 Å². The molecule has 22 heavy (non-hydrogen) atoms. The highest BCUT2D eigenvalue weighted by Crippen LogP contribution is 2.17. The summed E-state index contributed by atoms with van der Waals surface area (Å²) >= 11 is 1.38. The van der Waals surface area contributed by atoms with E-state index in [1.807, 2.05) is 37.3 Å². The van der Waals surface area contributed by atoms with Gasteiger partial charge in [0.25, 0.3) is 0 Å². The van der Waals surface area contributed by atoms with Crippen molar-refractivity contribution in [2.75, 3.05) is 12.4 Å². The van der Waals surface area contributed by atoms with Gasteiger partial charge in [-0.25, -0.2) is 9.78 Å². The number of nitrogens with zero attached hydrogens (tertiary/aromatic N) is 1. The summed E-state index contributed by atoms with van der Waals surface area (Å²) < 4.78 is 4.58. The number of carbonyl (C=O) groups excluding carboxylic acids is 2. The molecule has 1 aromatic carbocycles. The van der Waals surface area contributed by atoms with Crippen LogP contribution < -0.4 is 10.6 Å². The van der Waals surface area contributed by atoms with E-state index in [9.17, 15) is 9.59 Å². The Hall–Kier alpha value is -2.41. The fourth-order valence-electron chi connectivity index (χ4n) is 1.87. The van der Waals surface area contributed by atoms with Gasteiger partial charge in [0.15, 0.2) is 5.13 Å². The van der Waals surface area contributed by atoms with Gasteiger partial charge >= 0.3 is 6.09 Å². The van der Waals surface area contributed by atoms with Gasteiger partial charge in [0, 0.05) is 17.5 Å². The number of aryl methyl sites for hydroxylation is 1. The Morgan fingerprint density at radius 1 is 1.32 bits per heavy atom. The molecule has 1 heterocycles. The standard InChI is InChI=1S/C15H17N3O3S/c1-10-9-16-14(22-10)18-13(19)12(17-15(20)21-2)8-11-6-4-3-5-7-11/h3-7,9,12H,8H2,1-2H3,(H,17,20)(H,16,18,19)/t12-/m1/s1. The molecule has 0 saturated heterocycles. The molecular weight excluding hydrogens is 302 g/mol. The normalized spacial score (nSPS) is 11.5. The van der Waals surface area contributed by atoms with E-state index >= 15 is 0 Å². The molecule has 2 rings (SSSR count). The third-order valence-corrected chi connectivity index (χ3v) is 3.76. The van der Waals surface area contributed by atoms with Crippen molar-refractivity contribution in [2.45, 2.75) is 19.4 Å². The summed E-state index contributed by atoms with van der Waals surface area (Å²) in [7, 11) is 1.26. The Kier molecular flexibility index (Phi) is 5.48. The molecular formula is C15H17N3O3S. The predicted molar refractivity (Wildman–Crippen MR) is 85.0 cm³/mol. The molecule has 2 N–H and O–H groups in total. The molecule has 0 saturated carbocycles. The Morgan fingerprint density at radius 3 is 2.64 bits per heavy atom. The number of amides is 2. The highest BCUT2D eigenvalue weighted by molar-refractivity contribution is 7.15. The Labute approximate surface area is 132 Å². The van der Waals surface area contributed by atoms with E-state index in [1.54, 1.807) is 6.20 Å². The Bertz CT molecular complexity index is 642. The summed E-state index contributed by atoms with van der Waals surface area (Å²) in [6.45, 7) is 1.90. The molecule has 0 bridgehead atoms. The van der Waals surface area contributed by atoms with Gasteiger partial charge in [-0.1, -0.05) is 30.3 Å². The number of anilines is 1. The highest BCUT2D eigenvalue weighted by Gasteiger charge is 2.22. The molecule has 0 unspecified atom stereocenters. The van der Waals surface area contributed by atoms with Gasteiger partial charge in [-0.05, 0) is 12.5 Å². The van der Waals surface area contributed by atoms with E-state index in [0.717, 1.165) is 10.4 Å². The largest absolute Gasteiger partial charge is 0.453 e. The van der Waals surface area contributed by atoms with Crippen molar-refractivity contribution in [2.24, 2.45) is 0 Å². The van der Waals surface area contributed by atoms with Crippen LogP contribution in [0.1, 0.15) is 10.4 Å². The zero-order valence-corrected chi connectivity index (χ0v) is 13.1. The molecule has 0 radical (unpaired) electrons. The highest BCUT2D eigenvalue weighted by atomic mass is 32.1. The van der Waals surface area contributed by atoms with E-state index in [4.69, 9.17) is 0 Å². The second kappa shape index (κ2) is 7.56. The maximum absolute atomic E-state index is 12.4. The molecule has 7 heteroatoms. The number of methoxy groups -OCH3 is 1. The van der Waals surface area contributed by atoms with Gasteiger partial charge in [0.05, 0.1) is 7.11 Å². The van der Waals surface area contributed by atoms with Crippen LogP contribution in [0, 0.1) is 6.92 Å². The van der Waals surface area contributed by atoms with E-state index < -0.39 is 12.1 Å². The molecule has 0 aliphatic heterocycles. The lowest BCUT2D eigenvalue weighted by atomic mass is 10.1. The maximum Gasteiger partial charge on any atom is 0.407 e. The second-order valence-electron chi connectivity index (χ2n) is 4.64. The van der Waals surface area contributed by atoms with Crippen LogP contribution in [0.25, 0.3) is 0 Å². The van der Waals surface area contributed by atoms with Crippen LogP contribution in [-0.2, 0) is 16.0 Å². The van der Waals surface area contributed by atoms with Crippen LogP contribution in [0.2, 0.25) is 0 Å². The number of hydrogen-bond acceptors (Lipinski definition) is 5. The van der Waals surface area contributed by atoms with Crippen molar-refractivity contribution in [3.63, 3.8) is 0 Å². The number of carbonyl (C=O) groups is 2. The summed E-state index contributed by atoms with van der Waals surface area (Å²) in [4.78, 5) is 28.9. The number of aromatic nitrogens is 1. The number of thiazole rings is 1. The average molecular weight is 319 g/mol. The molecule has 0 spiro atoms. The second-order valence-corrected chi connectivity index (χ2v) is 5.88. The van der Waals surface area contributed by atoms with Crippen molar-refractivity contribution < 1.29 is 14.3 Å². The Balaban J connectivity index is 2.08. The zero-order valence-electron chi connectivity index (χ0n) is 12.3. The molecule has 1 aromatic heterocycles. The molecule has 0 fully saturated rings. The van der Waals surface area contributed by atoms with Gasteiger partial charge in [0.2, 0.25) is 5.91 Å². The number of alkyl carbamates (subject to hydrolysis) is 1. The van der Waals surface area contributed by atoms with E-state index in [2.05, 4.69) is 20.4 Å². The van der Waals surface area contributed by atoms with E-state index in [1.165, 1.54) is 18.4 Å². The monoisotopic (exact) mass is 319 g/mol. The van der Waals surface area contributed by atoms with Crippen molar-refractivity contribution in [1.82, 2.24) is 10.3 Å². The molecule has 2 aromatic rings. The quantitative estimate of drug-likeness (QED) is 0.886. The van der Waals surface area contributed by atoms with Crippen LogP contribution in [0.4, 0.5) is 9.93 Å². The van der Waals surface area contributed by atoms with Crippen LogP contribution >= 0.6 is 11.3 Å². The third kappa shape index (κ3) is 4.56. The zero-order chi connectivity index (χ0) is 15.9. The first-order valence-corrected chi connectivity index (χ1v) is 7.52. The van der Waals surface area contributed by atoms with Crippen molar-refractivity contribution in [1.29, 1.82) is 0 Å². The first-order chi connectivity index (χ1) is 10.6. The minimum Gasteiger partial charge on any atom is -0.453 e. The van der Waals surface area contributed by atoms with Crippen LogP contribution in [0.15, 0.2) is 36.5 Å². The minimum absolute atomic E-state index is 0.330. The number of rotatable bonds is 5. The SMILES string of the molecule is COC(=O)N[C@H](Cc1ccccc1)C(=O)Nc1ncc(C)s1. The maximum atomic E-state index is 12.4. The average Bonchev–Trinajstić information content (AvgIpc) is 2.92. The molecule has 2 amide bonds. The molecule has 0 aliphatic carbocycles. The summed E-state index contributed by atoms with van der Waals surface area (Å²) in [5, 5.41) is 5.76. The third-order valence-electron chi connectivity index (χ3n) is 2.93. The van der Waals surface area contributed by atoms with E-state index in [-0.39, 0.29) is 5.91 Å². The summed E-state index contributed by atoms with van der Waals surface area (Å²) in [6, 6.07) is 8.71. The van der Waals surface area contributed by atoms with Gasteiger partial charge in [0.1, 0.15) is 6.04 Å². The number of benzene rings is 1. The predicted octanol–water partition coefficient (Wildman–Crippen LogP) is 2.36. The molecule has 116 valence electrons. The van der Waals surface area contributed by atoms with Crippen molar-refractivity contribution >= 4 is 28.5 Å². The first-order valence-electron chi connectivity index (χ1n) is 6.70. The van der Waals surface area contributed by atoms with Crippen LogP contribution in [-0.4, -0.2) is 30.1 Å². The van der Waals surface area contributed by atoms with Gasteiger partial charge < -0.3 is 15.4 Å². The fraction of sp³-hybridized carbons (Fsp3) is 0.267. The topological polar surface area (TPSA) is 80.3 Å². The lowest BCUT2D eigenvalue weighted by Crippen LogP contribution is -2.45. The lowest BCUT2D eigenvalue weighted by Gasteiger charge is -2.17. The Morgan fingerprint density at radius 2 is 2.05 bits per heavy atom. The first kappa shape index (κ1) is 16.0. The van der Waals surface area contributed by atoms with Crippen LogP contribution in [0.3, 0.4) is 0 Å². The summed E-state index contributed by atoms with van der Waals surface area (Å²) in [5.74, 6) is -0.330. The summed E-state index contributed by atoms with van der Waals surface area (Å²) in [6.07, 6.45) is 1.40. The van der Waals surface area contributed by atoms with Crippen molar-refractivity contribution in [3.8, 4) is 0 Å². The number of nitrogens with one attached hydrogen (secondary N) is 2. The van der Waals surface area contributed by atoms with Crippen LogP contribution in [0.5, 0.6) is 0 Å². The molecule has 0 aliphatic rings. The minimum atomic E-state index is -0.737.